The van der Waals surface area contributed by atoms with Crippen molar-refractivity contribution >= 4 is 17.4 Å². The molecular formula is C13H20ClN3. The van der Waals surface area contributed by atoms with Crippen molar-refractivity contribution in [2.75, 3.05) is 25.5 Å². The van der Waals surface area contributed by atoms with Crippen LogP contribution in [0.25, 0.3) is 0 Å². The average Bonchev–Trinajstić information content (AvgIpc) is 2.85. The third kappa shape index (κ3) is 3.58. The van der Waals surface area contributed by atoms with Gasteiger partial charge in [-0.3, -0.25) is 0 Å². The Morgan fingerprint density at radius 3 is 2.94 bits per heavy atom. The number of anilines is 1. The monoisotopic (exact) mass is 253 g/mol. The van der Waals surface area contributed by atoms with Crippen LogP contribution < -0.4 is 5.32 Å². The number of aromatic nitrogens is 1. The summed E-state index contributed by atoms with van der Waals surface area (Å²) in [6, 6.07) is 4.48. The highest BCUT2D eigenvalue weighted by molar-refractivity contribution is 6.32. The lowest BCUT2D eigenvalue weighted by Gasteiger charge is -2.24. The molecule has 0 aliphatic heterocycles. The van der Waals surface area contributed by atoms with E-state index in [4.69, 9.17) is 11.6 Å². The number of pyridine rings is 1. The van der Waals surface area contributed by atoms with Gasteiger partial charge in [0.1, 0.15) is 5.82 Å². The molecule has 0 atom stereocenters. The number of hydrogen-bond acceptors (Lipinski definition) is 3. The first kappa shape index (κ1) is 12.7. The van der Waals surface area contributed by atoms with Crippen LogP contribution in [0, 0.1) is 0 Å². The second-order valence-electron chi connectivity index (χ2n) is 4.68. The molecule has 1 fully saturated rings. The molecule has 0 amide bonds. The van der Waals surface area contributed by atoms with Crippen LogP contribution in [0.5, 0.6) is 0 Å². The van der Waals surface area contributed by atoms with Gasteiger partial charge in [-0.2, -0.15) is 0 Å². The summed E-state index contributed by atoms with van der Waals surface area (Å²) in [4.78, 5) is 6.65. The molecule has 1 aliphatic carbocycles. The minimum Gasteiger partial charge on any atom is -0.368 e. The van der Waals surface area contributed by atoms with E-state index in [1.165, 1.54) is 25.7 Å². The number of halogens is 1. The summed E-state index contributed by atoms with van der Waals surface area (Å²) in [6.45, 7) is 1.93. The third-order valence-corrected chi connectivity index (χ3v) is 3.77. The van der Waals surface area contributed by atoms with E-state index < -0.39 is 0 Å². The third-order valence-electron chi connectivity index (χ3n) is 3.46. The number of nitrogens with one attached hydrogen (secondary N) is 1. The van der Waals surface area contributed by atoms with Gasteiger partial charge >= 0.3 is 0 Å². The molecule has 94 valence electrons. The van der Waals surface area contributed by atoms with Gasteiger partial charge in [0.25, 0.3) is 0 Å². The topological polar surface area (TPSA) is 28.2 Å². The summed E-state index contributed by atoms with van der Waals surface area (Å²) >= 11 is 6.03. The van der Waals surface area contributed by atoms with Crippen LogP contribution in [0.4, 0.5) is 5.82 Å². The minimum absolute atomic E-state index is 0.691. The van der Waals surface area contributed by atoms with Gasteiger partial charge in [-0.15, -0.1) is 0 Å². The molecule has 0 saturated heterocycles. The summed E-state index contributed by atoms with van der Waals surface area (Å²) in [6.07, 6.45) is 7.22. The van der Waals surface area contributed by atoms with E-state index in [1.54, 1.807) is 6.20 Å². The number of rotatable bonds is 5. The van der Waals surface area contributed by atoms with Gasteiger partial charge in [0.2, 0.25) is 0 Å². The molecule has 3 nitrogen and oxygen atoms in total. The molecule has 2 rings (SSSR count). The quantitative estimate of drug-likeness (QED) is 0.874. The Hall–Kier alpha value is -0.800. The maximum absolute atomic E-state index is 6.03. The summed E-state index contributed by atoms with van der Waals surface area (Å²) in [5.41, 5.74) is 0. The van der Waals surface area contributed by atoms with Crippen molar-refractivity contribution in [2.24, 2.45) is 0 Å². The molecule has 0 radical (unpaired) electrons. The van der Waals surface area contributed by atoms with Crippen molar-refractivity contribution in [1.29, 1.82) is 0 Å². The number of nitrogens with zero attached hydrogens (tertiary/aromatic N) is 2. The fourth-order valence-corrected chi connectivity index (χ4v) is 2.58. The lowest BCUT2D eigenvalue weighted by molar-refractivity contribution is 0.254. The molecule has 17 heavy (non-hydrogen) atoms. The van der Waals surface area contributed by atoms with Crippen LogP contribution in [0.2, 0.25) is 5.02 Å². The molecule has 0 bridgehead atoms. The minimum atomic E-state index is 0.691. The zero-order valence-electron chi connectivity index (χ0n) is 10.3. The highest BCUT2D eigenvalue weighted by atomic mass is 35.5. The van der Waals surface area contributed by atoms with Crippen molar-refractivity contribution in [3.8, 4) is 0 Å². The molecule has 0 spiro atoms. The van der Waals surface area contributed by atoms with E-state index in [9.17, 15) is 0 Å². The predicted molar refractivity (Wildman–Crippen MR) is 72.6 cm³/mol. The van der Waals surface area contributed by atoms with Crippen molar-refractivity contribution in [3.05, 3.63) is 23.4 Å². The molecule has 0 aromatic carbocycles. The first-order chi connectivity index (χ1) is 8.27. The summed E-state index contributed by atoms with van der Waals surface area (Å²) < 4.78 is 0. The molecule has 1 heterocycles. The molecule has 1 saturated carbocycles. The van der Waals surface area contributed by atoms with Crippen molar-refractivity contribution in [1.82, 2.24) is 9.88 Å². The Labute approximate surface area is 108 Å². The first-order valence-corrected chi connectivity index (χ1v) is 6.70. The zero-order valence-corrected chi connectivity index (χ0v) is 11.1. The lowest BCUT2D eigenvalue weighted by Crippen LogP contribution is -2.33. The molecular weight excluding hydrogens is 234 g/mol. The Morgan fingerprint density at radius 2 is 2.24 bits per heavy atom. The van der Waals surface area contributed by atoms with E-state index in [0.717, 1.165) is 24.9 Å². The molecule has 1 aromatic rings. The first-order valence-electron chi connectivity index (χ1n) is 6.32. The fourth-order valence-electron chi connectivity index (χ4n) is 2.39. The smallest absolute Gasteiger partial charge is 0.144 e. The van der Waals surface area contributed by atoms with Crippen LogP contribution in [-0.2, 0) is 0 Å². The van der Waals surface area contributed by atoms with Crippen LogP contribution in [0.1, 0.15) is 25.7 Å². The van der Waals surface area contributed by atoms with Gasteiger partial charge < -0.3 is 10.2 Å². The Morgan fingerprint density at radius 1 is 1.47 bits per heavy atom. The lowest BCUT2D eigenvalue weighted by atomic mass is 10.2. The van der Waals surface area contributed by atoms with Gasteiger partial charge in [-0.1, -0.05) is 24.4 Å². The SMILES string of the molecule is CN(CCNc1ncccc1Cl)C1CCCC1. The van der Waals surface area contributed by atoms with E-state index in [-0.39, 0.29) is 0 Å². The highest BCUT2D eigenvalue weighted by Gasteiger charge is 2.18. The van der Waals surface area contributed by atoms with Gasteiger partial charge in [-0.05, 0) is 32.0 Å². The predicted octanol–water partition coefficient (Wildman–Crippen LogP) is 3.02. The number of hydrogen-bond donors (Lipinski definition) is 1. The van der Waals surface area contributed by atoms with Crippen LogP contribution in [0.15, 0.2) is 18.3 Å². The molecule has 0 unspecified atom stereocenters. The van der Waals surface area contributed by atoms with Crippen molar-refractivity contribution in [3.63, 3.8) is 0 Å². The summed E-state index contributed by atoms with van der Waals surface area (Å²) in [5, 5.41) is 3.97. The second-order valence-corrected chi connectivity index (χ2v) is 5.09. The van der Waals surface area contributed by atoms with Gasteiger partial charge in [0.05, 0.1) is 5.02 Å². The van der Waals surface area contributed by atoms with E-state index in [2.05, 4.69) is 22.2 Å². The highest BCUT2D eigenvalue weighted by Crippen LogP contribution is 2.22. The van der Waals surface area contributed by atoms with E-state index in [1.807, 2.05) is 12.1 Å². The molecule has 1 aromatic heterocycles. The Balaban J connectivity index is 1.74. The normalized spacial score (nSPS) is 16.6. The maximum Gasteiger partial charge on any atom is 0.144 e. The van der Waals surface area contributed by atoms with Gasteiger partial charge in [0, 0.05) is 25.3 Å². The summed E-state index contributed by atoms with van der Waals surface area (Å²) in [5.74, 6) is 0.786. The summed E-state index contributed by atoms with van der Waals surface area (Å²) in [7, 11) is 2.21. The van der Waals surface area contributed by atoms with E-state index >= 15 is 0 Å². The second kappa shape index (κ2) is 6.22. The largest absolute Gasteiger partial charge is 0.368 e. The van der Waals surface area contributed by atoms with Gasteiger partial charge in [0.15, 0.2) is 0 Å². The van der Waals surface area contributed by atoms with Crippen LogP contribution in [-0.4, -0.2) is 36.1 Å². The van der Waals surface area contributed by atoms with Crippen molar-refractivity contribution in [2.45, 2.75) is 31.7 Å². The van der Waals surface area contributed by atoms with Crippen LogP contribution >= 0.6 is 11.6 Å². The molecule has 1 N–H and O–H groups in total. The molecule has 1 aliphatic rings. The van der Waals surface area contributed by atoms with Crippen LogP contribution in [0.3, 0.4) is 0 Å². The Bertz CT molecular complexity index is 350. The maximum atomic E-state index is 6.03. The zero-order chi connectivity index (χ0) is 12.1. The Kier molecular flexibility index (Phi) is 4.63. The standard InChI is InChI=1S/C13H20ClN3/c1-17(11-5-2-3-6-11)10-9-16-13-12(14)7-4-8-15-13/h4,7-8,11H,2-3,5-6,9-10H2,1H3,(H,15,16). The van der Waals surface area contributed by atoms with E-state index in [0.29, 0.717) is 5.02 Å². The molecule has 4 heteroatoms. The van der Waals surface area contributed by atoms with Gasteiger partial charge in [-0.25, -0.2) is 4.98 Å². The number of likely N-dealkylation sites (N-methyl/N-ethyl adjacent to an activating group) is 1. The fraction of sp³-hybridized carbons (Fsp3) is 0.615. The average molecular weight is 254 g/mol. The van der Waals surface area contributed by atoms with Crippen molar-refractivity contribution < 1.29 is 0 Å².